The Labute approximate surface area is 101 Å². The van der Waals surface area contributed by atoms with Crippen LogP contribution in [-0.2, 0) is 11.3 Å². The van der Waals surface area contributed by atoms with Gasteiger partial charge in [0.1, 0.15) is 11.6 Å². The van der Waals surface area contributed by atoms with Crippen LogP contribution in [0.3, 0.4) is 0 Å². The Hall–Kier alpha value is -0.680. The molecule has 0 bridgehead atoms. The van der Waals surface area contributed by atoms with Gasteiger partial charge < -0.3 is 10.5 Å². The maximum absolute atomic E-state index is 5.64. The third-order valence-electron chi connectivity index (χ3n) is 2.60. The second-order valence-corrected chi connectivity index (χ2v) is 5.06. The summed E-state index contributed by atoms with van der Waals surface area (Å²) in [5, 5.41) is 9.04. The highest BCUT2D eigenvalue weighted by molar-refractivity contribution is 7.15. The Kier molecular flexibility index (Phi) is 6.33. The highest BCUT2D eigenvalue weighted by Gasteiger charge is 2.07. The minimum Gasteiger partial charge on any atom is -0.374 e. The van der Waals surface area contributed by atoms with Crippen LogP contribution in [-0.4, -0.2) is 16.8 Å². The van der Waals surface area contributed by atoms with E-state index in [9.17, 15) is 0 Å². The molecule has 1 unspecified atom stereocenters. The fraction of sp³-hybridized carbons (Fsp3) is 0.818. The first-order valence-electron chi connectivity index (χ1n) is 5.91. The number of ether oxygens (including phenoxy) is 1. The number of aromatic nitrogens is 2. The van der Waals surface area contributed by atoms with Crippen molar-refractivity contribution < 1.29 is 4.74 Å². The molecule has 1 aromatic heterocycles. The van der Waals surface area contributed by atoms with Gasteiger partial charge in [-0.1, -0.05) is 44.4 Å². The number of rotatable bonds is 8. The summed E-state index contributed by atoms with van der Waals surface area (Å²) >= 11 is 1.40. The van der Waals surface area contributed by atoms with Crippen LogP contribution >= 0.6 is 11.3 Å². The van der Waals surface area contributed by atoms with Gasteiger partial charge in [0.05, 0.1) is 0 Å². The predicted molar refractivity (Wildman–Crippen MR) is 67.3 cm³/mol. The Morgan fingerprint density at radius 2 is 2.19 bits per heavy atom. The Balaban J connectivity index is 2.17. The van der Waals surface area contributed by atoms with E-state index in [0.29, 0.717) is 17.7 Å². The molecule has 0 aliphatic rings. The largest absolute Gasteiger partial charge is 0.374 e. The summed E-state index contributed by atoms with van der Waals surface area (Å²) < 4.78 is 5.64. The molecule has 1 atom stereocenters. The zero-order valence-electron chi connectivity index (χ0n) is 10.1. The second-order valence-electron chi connectivity index (χ2n) is 3.97. The number of nitrogens with two attached hydrogens (primary N) is 1. The van der Waals surface area contributed by atoms with E-state index >= 15 is 0 Å². The zero-order chi connectivity index (χ0) is 11.8. The van der Waals surface area contributed by atoms with E-state index < -0.39 is 0 Å². The number of nitrogens with zero attached hydrogens (tertiary/aromatic N) is 2. The average Bonchev–Trinajstić information content (AvgIpc) is 2.69. The maximum atomic E-state index is 5.64. The van der Waals surface area contributed by atoms with Crippen molar-refractivity contribution in [3.63, 3.8) is 0 Å². The Bertz CT molecular complexity index is 291. The molecule has 0 amide bonds. The summed E-state index contributed by atoms with van der Waals surface area (Å²) in [6.07, 6.45) is 4.97. The summed E-state index contributed by atoms with van der Waals surface area (Å²) in [4.78, 5) is 0. The summed E-state index contributed by atoms with van der Waals surface area (Å²) in [6.45, 7) is 5.79. The summed E-state index contributed by atoms with van der Waals surface area (Å²) in [7, 11) is 0. The van der Waals surface area contributed by atoms with Gasteiger partial charge in [0.15, 0.2) is 0 Å². The van der Waals surface area contributed by atoms with Crippen molar-refractivity contribution >= 4 is 16.5 Å². The number of nitrogen functional groups attached to an aromatic ring is 1. The van der Waals surface area contributed by atoms with Gasteiger partial charge in [0.2, 0.25) is 5.13 Å². The van der Waals surface area contributed by atoms with Gasteiger partial charge in [-0.3, -0.25) is 0 Å². The van der Waals surface area contributed by atoms with E-state index in [1.54, 1.807) is 0 Å². The maximum Gasteiger partial charge on any atom is 0.203 e. The topological polar surface area (TPSA) is 61.0 Å². The van der Waals surface area contributed by atoms with Gasteiger partial charge in [-0.2, -0.15) is 0 Å². The molecule has 1 aromatic rings. The molecule has 2 N–H and O–H groups in total. The number of hydrogen-bond donors (Lipinski definition) is 1. The van der Waals surface area contributed by atoms with Crippen molar-refractivity contribution in [1.82, 2.24) is 10.2 Å². The molecular formula is C11H21N3OS. The first-order valence-corrected chi connectivity index (χ1v) is 6.73. The van der Waals surface area contributed by atoms with Crippen molar-refractivity contribution in [1.29, 1.82) is 0 Å². The number of anilines is 1. The molecule has 0 saturated carbocycles. The molecule has 1 rings (SSSR count). The van der Waals surface area contributed by atoms with Gasteiger partial charge in [-0.05, 0) is 12.3 Å². The SMILES string of the molecule is CCCCC(CC)COCc1nnc(N)s1. The van der Waals surface area contributed by atoms with E-state index in [4.69, 9.17) is 10.5 Å². The minimum absolute atomic E-state index is 0.511. The molecule has 4 nitrogen and oxygen atoms in total. The lowest BCUT2D eigenvalue weighted by atomic mass is 10.0. The van der Waals surface area contributed by atoms with Crippen molar-refractivity contribution in [3.8, 4) is 0 Å². The standard InChI is InChI=1S/C11H21N3OS/c1-3-5-6-9(4-2)7-15-8-10-13-14-11(12)16-10/h9H,3-8H2,1-2H3,(H2,12,14). The van der Waals surface area contributed by atoms with Crippen LogP contribution in [0.2, 0.25) is 0 Å². The predicted octanol–water partition coefficient (Wildman–Crippen LogP) is 2.85. The second kappa shape index (κ2) is 7.57. The van der Waals surface area contributed by atoms with Crippen LogP contribution in [0, 0.1) is 5.92 Å². The van der Waals surface area contributed by atoms with Gasteiger partial charge in [-0.25, -0.2) is 0 Å². The van der Waals surface area contributed by atoms with E-state index in [-0.39, 0.29) is 0 Å². The third-order valence-corrected chi connectivity index (χ3v) is 3.33. The van der Waals surface area contributed by atoms with Gasteiger partial charge >= 0.3 is 0 Å². The van der Waals surface area contributed by atoms with Crippen LogP contribution in [0.15, 0.2) is 0 Å². The van der Waals surface area contributed by atoms with Crippen molar-refractivity contribution in [2.45, 2.75) is 46.1 Å². The van der Waals surface area contributed by atoms with Crippen LogP contribution in [0.1, 0.15) is 44.5 Å². The highest BCUT2D eigenvalue weighted by atomic mass is 32.1. The van der Waals surface area contributed by atoms with Crippen LogP contribution < -0.4 is 5.73 Å². The molecule has 0 spiro atoms. The quantitative estimate of drug-likeness (QED) is 0.762. The van der Waals surface area contributed by atoms with Crippen molar-refractivity contribution in [2.75, 3.05) is 12.3 Å². The van der Waals surface area contributed by atoms with E-state index in [2.05, 4.69) is 24.0 Å². The molecule has 0 saturated heterocycles. The molecule has 0 aliphatic carbocycles. The van der Waals surface area contributed by atoms with E-state index in [1.807, 2.05) is 0 Å². The summed E-state index contributed by atoms with van der Waals surface area (Å²) in [5.74, 6) is 0.671. The van der Waals surface area contributed by atoms with E-state index in [1.165, 1.54) is 37.0 Å². The molecule has 0 radical (unpaired) electrons. The Morgan fingerprint density at radius 1 is 1.38 bits per heavy atom. The normalized spacial score (nSPS) is 12.9. The van der Waals surface area contributed by atoms with Gasteiger partial charge in [-0.15, -0.1) is 10.2 Å². The molecule has 92 valence electrons. The first-order chi connectivity index (χ1) is 7.76. The number of unbranched alkanes of at least 4 members (excludes halogenated alkanes) is 1. The fourth-order valence-corrected chi connectivity index (χ4v) is 2.08. The van der Waals surface area contributed by atoms with Crippen molar-refractivity contribution in [3.05, 3.63) is 5.01 Å². The lowest BCUT2D eigenvalue weighted by Gasteiger charge is -2.13. The van der Waals surface area contributed by atoms with Crippen LogP contribution in [0.25, 0.3) is 0 Å². The van der Waals surface area contributed by atoms with E-state index in [0.717, 1.165) is 11.6 Å². The van der Waals surface area contributed by atoms with Gasteiger partial charge in [0.25, 0.3) is 0 Å². The minimum atomic E-state index is 0.511. The Morgan fingerprint density at radius 3 is 2.75 bits per heavy atom. The van der Waals surface area contributed by atoms with Gasteiger partial charge in [0, 0.05) is 6.61 Å². The molecule has 5 heteroatoms. The molecule has 1 heterocycles. The van der Waals surface area contributed by atoms with Crippen LogP contribution in [0.4, 0.5) is 5.13 Å². The third kappa shape index (κ3) is 4.90. The van der Waals surface area contributed by atoms with Crippen molar-refractivity contribution in [2.24, 2.45) is 5.92 Å². The molecule has 16 heavy (non-hydrogen) atoms. The molecular weight excluding hydrogens is 222 g/mol. The summed E-state index contributed by atoms with van der Waals surface area (Å²) in [5.41, 5.74) is 5.49. The monoisotopic (exact) mass is 243 g/mol. The number of hydrogen-bond acceptors (Lipinski definition) is 5. The van der Waals surface area contributed by atoms with Crippen LogP contribution in [0.5, 0.6) is 0 Å². The lowest BCUT2D eigenvalue weighted by molar-refractivity contribution is 0.0815. The molecule has 0 aliphatic heterocycles. The summed E-state index contributed by atoms with van der Waals surface area (Å²) in [6, 6.07) is 0. The fourth-order valence-electron chi connectivity index (χ4n) is 1.54. The first kappa shape index (κ1) is 13.4. The molecule has 0 aromatic carbocycles. The highest BCUT2D eigenvalue weighted by Crippen LogP contribution is 2.15. The average molecular weight is 243 g/mol. The molecule has 0 fully saturated rings. The zero-order valence-corrected chi connectivity index (χ0v) is 10.9. The smallest absolute Gasteiger partial charge is 0.203 e. The lowest BCUT2D eigenvalue weighted by Crippen LogP contribution is -2.08.